The van der Waals surface area contributed by atoms with Crippen LogP contribution in [0.15, 0.2) is 0 Å². The lowest BCUT2D eigenvalue weighted by molar-refractivity contribution is -0.138. The van der Waals surface area contributed by atoms with E-state index in [1.807, 2.05) is 0 Å². The van der Waals surface area contributed by atoms with Gasteiger partial charge in [0.1, 0.15) is 6.54 Å². The lowest BCUT2D eigenvalue weighted by Crippen LogP contribution is -2.46. The molecule has 0 spiro atoms. The number of carbonyl (C=O) groups excluding carboxylic acids is 1. The van der Waals surface area contributed by atoms with Crippen molar-refractivity contribution in [3.63, 3.8) is 0 Å². The fourth-order valence-corrected chi connectivity index (χ4v) is 1.68. The lowest BCUT2D eigenvalue weighted by Gasteiger charge is -2.25. The Hall–Kier alpha value is -1.30. The molecule has 2 N–H and O–H groups in total. The Morgan fingerprint density at radius 3 is 2.15 bits per heavy atom. The highest BCUT2D eigenvalue weighted by Crippen LogP contribution is 2.00. The Balaban J connectivity index is 3.93. The molecule has 0 aromatic heterocycles. The fourth-order valence-electron chi connectivity index (χ4n) is 1.68. The molecule has 118 valence electrons. The summed E-state index contributed by atoms with van der Waals surface area (Å²) in [4.78, 5) is 26.2. The van der Waals surface area contributed by atoms with E-state index in [0.717, 1.165) is 19.4 Å². The molecule has 0 heterocycles. The van der Waals surface area contributed by atoms with Crippen LogP contribution in [0.2, 0.25) is 0 Å². The van der Waals surface area contributed by atoms with Gasteiger partial charge in [0, 0.05) is 18.6 Å². The molecule has 0 aliphatic rings. The zero-order valence-corrected chi connectivity index (χ0v) is 13.3. The molecule has 2 amide bonds. The number of nitrogens with zero attached hydrogens (tertiary/aromatic N) is 2. The van der Waals surface area contributed by atoms with Crippen molar-refractivity contribution in [3.8, 4) is 0 Å². The van der Waals surface area contributed by atoms with E-state index in [1.54, 1.807) is 13.8 Å². The molecule has 6 nitrogen and oxygen atoms in total. The summed E-state index contributed by atoms with van der Waals surface area (Å²) in [5, 5.41) is 11.6. The third kappa shape index (κ3) is 7.99. The molecule has 0 aliphatic heterocycles. The molecule has 0 atom stereocenters. The first-order valence-corrected chi connectivity index (χ1v) is 7.22. The van der Waals surface area contributed by atoms with Gasteiger partial charge in [-0.3, -0.25) is 4.79 Å². The first kappa shape index (κ1) is 18.7. The van der Waals surface area contributed by atoms with Gasteiger partial charge >= 0.3 is 12.0 Å². The molecule has 0 saturated heterocycles. The number of hydrogen-bond acceptors (Lipinski definition) is 3. The van der Waals surface area contributed by atoms with Gasteiger partial charge in [-0.05, 0) is 54.1 Å². The first-order chi connectivity index (χ1) is 9.25. The van der Waals surface area contributed by atoms with Gasteiger partial charge in [0.2, 0.25) is 0 Å². The summed E-state index contributed by atoms with van der Waals surface area (Å²) in [5.41, 5.74) is 0. The van der Waals surface area contributed by atoms with Crippen molar-refractivity contribution in [1.82, 2.24) is 15.1 Å². The number of carboxylic acids is 1. The molecule has 6 heteroatoms. The lowest BCUT2D eigenvalue weighted by atomic mass is 10.2. The third-order valence-corrected chi connectivity index (χ3v) is 3.29. The number of rotatable bonds is 9. The number of carboxylic acid groups (broad SMARTS) is 1. The number of aliphatic carboxylic acids is 1. The number of carbonyl (C=O) groups is 2. The van der Waals surface area contributed by atoms with Crippen molar-refractivity contribution in [1.29, 1.82) is 0 Å². The second kappa shape index (κ2) is 9.58. The molecule has 0 bridgehead atoms. The SMILES string of the molecule is CC(C)N(C)CCCCNC(=O)N(CC(=O)O)C(C)C. The summed E-state index contributed by atoms with van der Waals surface area (Å²) < 4.78 is 0. The zero-order valence-electron chi connectivity index (χ0n) is 13.3. The van der Waals surface area contributed by atoms with Crippen LogP contribution in [0.5, 0.6) is 0 Å². The smallest absolute Gasteiger partial charge is 0.323 e. The van der Waals surface area contributed by atoms with Crippen LogP contribution in [0.3, 0.4) is 0 Å². The maximum Gasteiger partial charge on any atom is 0.323 e. The van der Waals surface area contributed by atoms with Crippen LogP contribution in [0, 0.1) is 0 Å². The van der Waals surface area contributed by atoms with E-state index in [4.69, 9.17) is 5.11 Å². The predicted molar refractivity (Wildman–Crippen MR) is 79.9 cm³/mol. The molecular weight excluding hydrogens is 258 g/mol. The van der Waals surface area contributed by atoms with Gasteiger partial charge in [-0.15, -0.1) is 0 Å². The minimum atomic E-state index is -0.993. The summed E-state index contributed by atoms with van der Waals surface area (Å²) in [5.74, 6) is -0.993. The van der Waals surface area contributed by atoms with Crippen LogP contribution in [-0.2, 0) is 4.79 Å². The second-order valence-corrected chi connectivity index (χ2v) is 5.63. The summed E-state index contributed by atoms with van der Waals surface area (Å²) in [6.07, 6.45) is 1.90. The largest absolute Gasteiger partial charge is 0.480 e. The van der Waals surface area contributed by atoms with Crippen LogP contribution < -0.4 is 5.32 Å². The highest BCUT2D eigenvalue weighted by Gasteiger charge is 2.19. The highest BCUT2D eigenvalue weighted by atomic mass is 16.4. The topological polar surface area (TPSA) is 72.9 Å². The van der Waals surface area contributed by atoms with E-state index < -0.39 is 5.97 Å². The predicted octanol–water partition coefficient (Wildman–Crippen LogP) is 1.61. The molecule has 0 fully saturated rings. The van der Waals surface area contributed by atoms with Crippen LogP contribution in [0.1, 0.15) is 40.5 Å². The number of amides is 2. The van der Waals surface area contributed by atoms with Gasteiger partial charge in [-0.2, -0.15) is 0 Å². The maximum atomic E-state index is 11.9. The van der Waals surface area contributed by atoms with Crippen molar-refractivity contribution < 1.29 is 14.7 Å². The van der Waals surface area contributed by atoms with E-state index in [-0.39, 0.29) is 18.6 Å². The van der Waals surface area contributed by atoms with Gasteiger partial charge in [0.15, 0.2) is 0 Å². The molecule has 0 radical (unpaired) electrons. The Morgan fingerprint density at radius 1 is 1.10 bits per heavy atom. The van der Waals surface area contributed by atoms with Crippen molar-refractivity contribution in [2.75, 3.05) is 26.7 Å². The average Bonchev–Trinajstić information content (AvgIpc) is 2.34. The van der Waals surface area contributed by atoms with Gasteiger partial charge in [-0.25, -0.2) is 4.79 Å². The van der Waals surface area contributed by atoms with E-state index in [0.29, 0.717) is 12.6 Å². The highest BCUT2D eigenvalue weighted by molar-refractivity contribution is 5.80. The minimum Gasteiger partial charge on any atom is -0.480 e. The Labute approximate surface area is 122 Å². The van der Waals surface area contributed by atoms with E-state index in [2.05, 4.69) is 31.1 Å². The van der Waals surface area contributed by atoms with Crippen molar-refractivity contribution in [2.24, 2.45) is 0 Å². The molecule has 0 rings (SSSR count). The standard InChI is InChI=1S/C14H29N3O3/c1-11(2)16(5)9-7-6-8-15-14(20)17(12(3)4)10-13(18)19/h11-12H,6-10H2,1-5H3,(H,15,20)(H,18,19). The van der Waals surface area contributed by atoms with Gasteiger partial charge < -0.3 is 20.2 Å². The Bertz CT molecular complexity index is 306. The molecule has 0 aromatic rings. The number of nitrogens with one attached hydrogen (secondary N) is 1. The molecule has 20 heavy (non-hydrogen) atoms. The second-order valence-electron chi connectivity index (χ2n) is 5.63. The maximum absolute atomic E-state index is 11.9. The van der Waals surface area contributed by atoms with Crippen LogP contribution in [0.4, 0.5) is 4.79 Å². The molecular formula is C14H29N3O3. The van der Waals surface area contributed by atoms with E-state index >= 15 is 0 Å². The quantitative estimate of drug-likeness (QED) is 0.632. The van der Waals surface area contributed by atoms with E-state index in [9.17, 15) is 9.59 Å². The average molecular weight is 287 g/mol. The van der Waals surface area contributed by atoms with Gasteiger partial charge in [0.25, 0.3) is 0 Å². The van der Waals surface area contributed by atoms with Gasteiger partial charge in [-0.1, -0.05) is 0 Å². The summed E-state index contributed by atoms with van der Waals surface area (Å²) in [6.45, 7) is 9.21. The molecule has 0 unspecified atom stereocenters. The number of unbranched alkanes of at least 4 members (excludes halogenated alkanes) is 1. The van der Waals surface area contributed by atoms with E-state index in [1.165, 1.54) is 4.90 Å². The molecule has 0 aromatic carbocycles. The van der Waals surface area contributed by atoms with Gasteiger partial charge in [0.05, 0.1) is 0 Å². The van der Waals surface area contributed by atoms with Crippen LogP contribution in [-0.4, -0.2) is 65.7 Å². The summed E-state index contributed by atoms with van der Waals surface area (Å²) >= 11 is 0. The summed E-state index contributed by atoms with van der Waals surface area (Å²) in [7, 11) is 2.08. The number of urea groups is 1. The number of hydrogen-bond donors (Lipinski definition) is 2. The van der Waals surface area contributed by atoms with Crippen LogP contribution >= 0.6 is 0 Å². The zero-order chi connectivity index (χ0) is 15.7. The Morgan fingerprint density at radius 2 is 1.70 bits per heavy atom. The normalized spacial score (nSPS) is 11.2. The molecule has 0 saturated carbocycles. The fraction of sp³-hybridized carbons (Fsp3) is 0.857. The monoisotopic (exact) mass is 287 g/mol. The third-order valence-electron chi connectivity index (χ3n) is 3.29. The molecule has 0 aliphatic carbocycles. The van der Waals surface area contributed by atoms with Crippen LogP contribution in [0.25, 0.3) is 0 Å². The first-order valence-electron chi connectivity index (χ1n) is 7.22. The van der Waals surface area contributed by atoms with Crippen molar-refractivity contribution >= 4 is 12.0 Å². The summed E-state index contributed by atoms with van der Waals surface area (Å²) in [6, 6.07) is 0.0920. The minimum absolute atomic E-state index is 0.127. The van der Waals surface area contributed by atoms with Crippen molar-refractivity contribution in [3.05, 3.63) is 0 Å². The Kier molecular flexibility index (Phi) is 8.96. The van der Waals surface area contributed by atoms with Crippen molar-refractivity contribution in [2.45, 2.75) is 52.6 Å².